The zero-order valence-electron chi connectivity index (χ0n) is 13.2. The number of nitrogens with zero attached hydrogens (tertiary/aromatic N) is 2. The van der Waals surface area contributed by atoms with E-state index in [-0.39, 0.29) is 0 Å². The van der Waals surface area contributed by atoms with E-state index < -0.39 is 0 Å². The third-order valence-corrected chi connectivity index (χ3v) is 3.88. The van der Waals surface area contributed by atoms with Gasteiger partial charge in [0.05, 0.1) is 11.0 Å². The monoisotopic (exact) mass is 294 g/mol. The third kappa shape index (κ3) is 2.98. The van der Waals surface area contributed by atoms with E-state index >= 15 is 0 Å². The molecule has 22 heavy (non-hydrogen) atoms. The van der Waals surface area contributed by atoms with Gasteiger partial charge in [-0.05, 0) is 42.7 Å². The van der Waals surface area contributed by atoms with E-state index in [2.05, 4.69) is 48.7 Å². The number of aryl methyl sites for hydroxylation is 2. The molecule has 0 aliphatic heterocycles. The summed E-state index contributed by atoms with van der Waals surface area (Å²) in [7, 11) is 0. The van der Waals surface area contributed by atoms with Crippen LogP contribution in [0.3, 0.4) is 0 Å². The van der Waals surface area contributed by atoms with E-state index in [4.69, 9.17) is 9.72 Å². The second kappa shape index (κ2) is 6.65. The van der Waals surface area contributed by atoms with Crippen LogP contribution in [0.4, 0.5) is 0 Å². The van der Waals surface area contributed by atoms with Gasteiger partial charge in [-0.3, -0.25) is 0 Å². The van der Waals surface area contributed by atoms with Crippen molar-refractivity contribution in [1.82, 2.24) is 9.55 Å². The maximum atomic E-state index is 5.92. The van der Waals surface area contributed by atoms with Crippen LogP contribution in [0.25, 0.3) is 11.0 Å². The first-order valence-electron chi connectivity index (χ1n) is 7.97. The van der Waals surface area contributed by atoms with Crippen LogP contribution < -0.4 is 4.74 Å². The Hall–Kier alpha value is -2.29. The van der Waals surface area contributed by atoms with Gasteiger partial charge in [0, 0.05) is 6.54 Å². The molecule has 3 rings (SSSR count). The van der Waals surface area contributed by atoms with Crippen molar-refractivity contribution in [3.8, 4) is 5.75 Å². The number of ether oxygens (including phenoxy) is 1. The minimum absolute atomic E-state index is 0.500. The number of benzene rings is 2. The minimum Gasteiger partial charge on any atom is -0.486 e. The molecule has 3 aromatic rings. The van der Waals surface area contributed by atoms with Crippen molar-refractivity contribution in [3.63, 3.8) is 0 Å². The van der Waals surface area contributed by atoms with Crippen molar-refractivity contribution >= 4 is 11.0 Å². The predicted molar refractivity (Wildman–Crippen MR) is 90.2 cm³/mol. The molecule has 3 nitrogen and oxygen atoms in total. The third-order valence-electron chi connectivity index (χ3n) is 3.88. The highest BCUT2D eigenvalue weighted by molar-refractivity contribution is 5.75. The molecule has 1 aromatic heterocycles. The van der Waals surface area contributed by atoms with Crippen molar-refractivity contribution < 1.29 is 4.74 Å². The molecular weight excluding hydrogens is 272 g/mol. The molecule has 3 heteroatoms. The van der Waals surface area contributed by atoms with Gasteiger partial charge >= 0.3 is 0 Å². The number of rotatable bonds is 6. The molecule has 2 aromatic carbocycles. The van der Waals surface area contributed by atoms with Crippen molar-refractivity contribution in [3.05, 3.63) is 59.9 Å². The van der Waals surface area contributed by atoms with Gasteiger partial charge in [-0.25, -0.2) is 4.98 Å². The summed E-state index contributed by atoms with van der Waals surface area (Å²) in [5.74, 6) is 1.88. The summed E-state index contributed by atoms with van der Waals surface area (Å²) in [6.45, 7) is 5.81. The van der Waals surface area contributed by atoms with Gasteiger partial charge in [0.25, 0.3) is 0 Å². The Bertz CT molecular complexity index is 744. The highest BCUT2D eigenvalue weighted by Gasteiger charge is 2.10. The lowest BCUT2D eigenvalue weighted by Gasteiger charge is -2.09. The number of hydrogen-bond donors (Lipinski definition) is 0. The molecule has 114 valence electrons. The Morgan fingerprint density at radius 1 is 1.00 bits per heavy atom. The van der Waals surface area contributed by atoms with E-state index in [0.29, 0.717) is 6.61 Å². The quantitative estimate of drug-likeness (QED) is 0.665. The Morgan fingerprint density at radius 3 is 2.50 bits per heavy atom. The van der Waals surface area contributed by atoms with Crippen LogP contribution in [0, 0.1) is 0 Å². The Balaban J connectivity index is 1.81. The first-order valence-corrected chi connectivity index (χ1v) is 7.97. The summed E-state index contributed by atoms with van der Waals surface area (Å²) in [5.41, 5.74) is 3.55. The zero-order chi connectivity index (χ0) is 15.4. The fourth-order valence-corrected chi connectivity index (χ4v) is 2.68. The van der Waals surface area contributed by atoms with Gasteiger partial charge in [-0.1, -0.05) is 38.1 Å². The number of imidazole rings is 1. The van der Waals surface area contributed by atoms with Gasteiger partial charge in [-0.2, -0.15) is 0 Å². The topological polar surface area (TPSA) is 27.1 Å². The highest BCUT2D eigenvalue weighted by atomic mass is 16.5. The van der Waals surface area contributed by atoms with E-state index in [9.17, 15) is 0 Å². The normalized spacial score (nSPS) is 11.0. The fraction of sp³-hybridized carbons (Fsp3) is 0.316. The van der Waals surface area contributed by atoms with Crippen LogP contribution in [0.5, 0.6) is 5.75 Å². The SMILES string of the molecule is CCCn1c(COc2ccc(CC)cc2)nc2ccccc21. The molecule has 1 heterocycles. The van der Waals surface area contributed by atoms with E-state index in [1.807, 2.05) is 18.2 Å². The lowest BCUT2D eigenvalue weighted by molar-refractivity contribution is 0.290. The number of para-hydroxylation sites is 2. The van der Waals surface area contributed by atoms with E-state index in [1.54, 1.807) is 0 Å². The Kier molecular flexibility index (Phi) is 4.42. The average Bonchev–Trinajstić information content (AvgIpc) is 2.92. The molecule has 0 bridgehead atoms. The second-order valence-corrected chi connectivity index (χ2v) is 5.45. The van der Waals surface area contributed by atoms with E-state index in [1.165, 1.54) is 11.1 Å². The van der Waals surface area contributed by atoms with Crippen LogP contribution >= 0.6 is 0 Å². The molecule has 0 saturated carbocycles. The second-order valence-electron chi connectivity index (χ2n) is 5.45. The smallest absolute Gasteiger partial charge is 0.147 e. The lowest BCUT2D eigenvalue weighted by atomic mass is 10.2. The first-order chi connectivity index (χ1) is 10.8. The summed E-state index contributed by atoms with van der Waals surface area (Å²) in [6, 6.07) is 16.6. The summed E-state index contributed by atoms with van der Waals surface area (Å²) in [5, 5.41) is 0. The van der Waals surface area contributed by atoms with Crippen molar-refractivity contribution in [1.29, 1.82) is 0 Å². The van der Waals surface area contributed by atoms with Gasteiger partial charge in [0.1, 0.15) is 18.2 Å². The minimum atomic E-state index is 0.500. The maximum Gasteiger partial charge on any atom is 0.147 e. The summed E-state index contributed by atoms with van der Waals surface area (Å²) >= 11 is 0. The molecule has 0 amide bonds. The lowest BCUT2D eigenvalue weighted by Crippen LogP contribution is -2.07. The van der Waals surface area contributed by atoms with Gasteiger partial charge < -0.3 is 9.30 Å². The van der Waals surface area contributed by atoms with Crippen LogP contribution in [-0.2, 0) is 19.6 Å². The largest absolute Gasteiger partial charge is 0.486 e. The predicted octanol–water partition coefficient (Wildman–Crippen LogP) is 4.59. The molecule has 0 N–H and O–H groups in total. The highest BCUT2D eigenvalue weighted by Crippen LogP contribution is 2.19. The summed E-state index contributed by atoms with van der Waals surface area (Å²) in [6.07, 6.45) is 2.13. The van der Waals surface area contributed by atoms with Crippen molar-refractivity contribution in [2.75, 3.05) is 0 Å². The van der Waals surface area contributed by atoms with Crippen LogP contribution in [0.15, 0.2) is 48.5 Å². The zero-order valence-corrected chi connectivity index (χ0v) is 13.2. The van der Waals surface area contributed by atoms with Crippen molar-refractivity contribution in [2.45, 2.75) is 39.8 Å². The number of hydrogen-bond acceptors (Lipinski definition) is 2. The van der Waals surface area contributed by atoms with Gasteiger partial charge in [0.15, 0.2) is 0 Å². The molecule has 0 spiro atoms. The summed E-state index contributed by atoms with van der Waals surface area (Å²) < 4.78 is 8.18. The Labute approximate surface area is 131 Å². The molecule has 0 saturated heterocycles. The van der Waals surface area contributed by atoms with Crippen LogP contribution in [0.1, 0.15) is 31.7 Å². The van der Waals surface area contributed by atoms with Crippen LogP contribution in [-0.4, -0.2) is 9.55 Å². The summed E-state index contributed by atoms with van der Waals surface area (Å²) in [4.78, 5) is 4.72. The molecule has 0 aliphatic carbocycles. The molecule has 0 fully saturated rings. The van der Waals surface area contributed by atoms with E-state index in [0.717, 1.165) is 36.5 Å². The maximum absolute atomic E-state index is 5.92. The molecule has 0 atom stereocenters. The molecular formula is C19H22N2O. The Morgan fingerprint density at radius 2 is 1.77 bits per heavy atom. The van der Waals surface area contributed by atoms with Crippen molar-refractivity contribution in [2.24, 2.45) is 0 Å². The molecule has 0 unspecified atom stereocenters. The fourth-order valence-electron chi connectivity index (χ4n) is 2.68. The average molecular weight is 294 g/mol. The molecule has 0 aliphatic rings. The number of fused-ring (bicyclic) bond motifs is 1. The molecule has 0 radical (unpaired) electrons. The van der Waals surface area contributed by atoms with Gasteiger partial charge in [0.2, 0.25) is 0 Å². The number of aromatic nitrogens is 2. The van der Waals surface area contributed by atoms with Gasteiger partial charge in [-0.15, -0.1) is 0 Å². The van der Waals surface area contributed by atoms with Crippen LogP contribution in [0.2, 0.25) is 0 Å². The standard InChI is InChI=1S/C19H22N2O/c1-3-13-21-18-8-6-5-7-17(18)20-19(21)14-22-16-11-9-15(4-2)10-12-16/h5-12H,3-4,13-14H2,1-2H3. The first kappa shape index (κ1) is 14.6.